The molecule has 0 atom stereocenters. The minimum absolute atomic E-state index is 0.336. The van der Waals surface area contributed by atoms with Crippen LogP contribution in [0.5, 0.6) is 0 Å². The van der Waals surface area contributed by atoms with Crippen LogP contribution in [0.1, 0.15) is 37.0 Å². The number of carboxylic acids is 1. The number of amides is 1. The number of hydrogen-bond donors (Lipinski definition) is 2. The first-order valence-electron chi connectivity index (χ1n) is 5.97. The Bertz CT molecular complexity index is 542. The van der Waals surface area contributed by atoms with Gasteiger partial charge >= 0.3 is 5.97 Å². The second kappa shape index (κ2) is 7.56. The first-order chi connectivity index (χ1) is 9.27. The van der Waals surface area contributed by atoms with Gasteiger partial charge < -0.3 is 10.4 Å². The molecule has 0 saturated heterocycles. The predicted molar refractivity (Wildman–Crippen MR) is 103 cm³/mol. The van der Waals surface area contributed by atoms with E-state index >= 15 is 0 Å². The molecule has 1 amide bonds. The van der Waals surface area contributed by atoms with Gasteiger partial charge in [0.1, 0.15) is 5.54 Å². The first-order valence-corrected chi connectivity index (χ1v) is 9.21. The van der Waals surface area contributed by atoms with Crippen LogP contribution < -0.4 is 5.32 Å². The minimum Gasteiger partial charge on any atom is -0.480 e. The van der Waals surface area contributed by atoms with Gasteiger partial charge in [0.2, 0.25) is 0 Å². The molecule has 2 N–H and O–H groups in total. The fourth-order valence-corrected chi connectivity index (χ4v) is 4.19. The molecule has 110 valence electrons. The van der Waals surface area contributed by atoms with Crippen molar-refractivity contribution in [1.29, 1.82) is 0 Å². The molecular weight excluding hydrogens is 599 g/mol. The fraction of sp³-hybridized carbons (Fsp3) is 0.385. The number of carboxylic acid groups (broad SMARTS) is 1. The standard InChI is InChI=1S/C13H14I3NO3/c1-3-13(4-2,12(19)20)17-11(18)8-5-7(14)6-9(15)10(8)16/h5-6H,3-4H2,1-2H3,(H,17,18)(H,19,20). The summed E-state index contributed by atoms with van der Waals surface area (Å²) in [5.41, 5.74) is -0.679. The molecule has 0 aromatic heterocycles. The maximum atomic E-state index is 12.4. The number of carbonyl (C=O) groups is 2. The topological polar surface area (TPSA) is 66.4 Å². The summed E-state index contributed by atoms with van der Waals surface area (Å²) in [5.74, 6) is -1.33. The van der Waals surface area contributed by atoms with Crippen LogP contribution in [0.25, 0.3) is 0 Å². The lowest BCUT2D eigenvalue weighted by Gasteiger charge is -2.28. The molecule has 0 aliphatic carbocycles. The van der Waals surface area contributed by atoms with Crippen molar-refractivity contribution in [2.45, 2.75) is 32.2 Å². The molecule has 20 heavy (non-hydrogen) atoms. The summed E-state index contributed by atoms with van der Waals surface area (Å²) in [6, 6.07) is 3.75. The van der Waals surface area contributed by atoms with Crippen LogP contribution in [0, 0.1) is 10.7 Å². The number of halogens is 3. The molecule has 0 bridgehead atoms. The molecule has 0 radical (unpaired) electrons. The second-order valence-corrected chi connectivity index (χ2v) is 7.78. The van der Waals surface area contributed by atoms with E-state index in [9.17, 15) is 14.7 Å². The first kappa shape index (κ1) is 18.4. The third-order valence-corrected chi connectivity index (χ3v) is 6.87. The molecule has 0 heterocycles. The Morgan fingerprint density at radius 1 is 1.20 bits per heavy atom. The Kier molecular flexibility index (Phi) is 6.96. The largest absolute Gasteiger partial charge is 0.480 e. The summed E-state index contributed by atoms with van der Waals surface area (Å²) in [5, 5.41) is 12.1. The number of aliphatic carboxylic acids is 1. The van der Waals surface area contributed by atoms with Gasteiger partial charge in [0, 0.05) is 10.7 Å². The highest BCUT2D eigenvalue weighted by Gasteiger charge is 2.37. The molecule has 7 heteroatoms. The van der Waals surface area contributed by atoms with Crippen LogP contribution in [-0.2, 0) is 4.79 Å². The Morgan fingerprint density at radius 3 is 2.20 bits per heavy atom. The Morgan fingerprint density at radius 2 is 1.75 bits per heavy atom. The lowest BCUT2D eigenvalue weighted by atomic mass is 9.92. The van der Waals surface area contributed by atoms with E-state index in [0.717, 1.165) is 10.7 Å². The number of rotatable bonds is 5. The van der Waals surface area contributed by atoms with Gasteiger partial charge in [-0.25, -0.2) is 4.79 Å². The van der Waals surface area contributed by atoms with Crippen LogP contribution in [0.3, 0.4) is 0 Å². The maximum Gasteiger partial charge on any atom is 0.329 e. The van der Waals surface area contributed by atoms with Gasteiger partial charge in [-0.2, -0.15) is 0 Å². The molecule has 0 unspecified atom stereocenters. The zero-order valence-electron chi connectivity index (χ0n) is 11.0. The van der Waals surface area contributed by atoms with E-state index in [1.54, 1.807) is 19.9 Å². The van der Waals surface area contributed by atoms with E-state index in [2.05, 4.69) is 73.1 Å². The Hall–Kier alpha value is 0.350. The van der Waals surface area contributed by atoms with E-state index in [4.69, 9.17) is 0 Å². The average molecular weight is 613 g/mol. The van der Waals surface area contributed by atoms with Gasteiger partial charge in [-0.15, -0.1) is 0 Å². The minimum atomic E-state index is -1.20. The highest BCUT2D eigenvalue weighted by Crippen LogP contribution is 2.24. The second-order valence-electron chi connectivity index (χ2n) is 4.30. The highest BCUT2D eigenvalue weighted by molar-refractivity contribution is 14.1. The van der Waals surface area contributed by atoms with Gasteiger partial charge in [0.15, 0.2) is 0 Å². The maximum absolute atomic E-state index is 12.4. The van der Waals surface area contributed by atoms with Crippen molar-refractivity contribution in [2.24, 2.45) is 0 Å². The zero-order valence-corrected chi connectivity index (χ0v) is 17.4. The molecular formula is C13H14I3NO3. The smallest absolute Gasteiger partial charge is 0.329 e. The number of carbonyl (C=O) groups excluding carboxylic acids is 1. The van der Waals surface area contributed by atoms with Gasteiger partial charge in [0.05, 0.1) is 5.56 Å². The fourth-order valence-electron chi connectivity index (χ4n) is 1.79. The normalized spacial score (nSPS) is 11.2. The molecule has 1 rings (SSSR count). The molecule has 1 aromatic carbocycles. The molecule has 1 aromatic rings. The Balaban J connectivity index is 3.17. The Labute approximate surface area is 158 Å². The van der Waals surface area contributed by atoms with Crippen LogP contribution in [0.15, 0.2) is 12.1 Å². The molecule has 0 aliphatic heterocycles. The van der Waals surface area contributed by atoms with E-state index < -0.39 is 11.5 Å². The van der Waals surface area contributed by atoms with Gasteiger partial charge in [-0.3, -0.25) is 4.79 Å². The van der Waals surface area contributed by atoms with Crippen LogP contribution in [0.2, 0.25) is 0 Å². The summed E-state index contributed by atoms with van der Waals surface area (Å²) in [7, 11) is 0. The summed E-state index contributed by atoms with van der Waals surface area (Å²) < 4.78 is 2.77. The summed E-state index contributed by atoms with van der Waals surface area (Å²) in [6.45, 7) is 3.53. The summed E-state index contributed by atoms with van der Waals surface area (Å²) in [4.78, 5) is 23.9. The third-order valence-electron chi connectivity index (χ3n) is 3.21. The van der Waals surface area contributed by atoms with Gasteiger partial charge in [0.25, 0.3) is 5.91 Å². The van der Waals surface area contributed by atoms with Crippen molar-refractivity contribution in [2.75, 3.05) is 0 Å². The van der Waals surface area contributed by atoms with E-state index in [1.165, 1.54) is 0 Å². The lowest BCUT2D eigenvalue weighted by molar-refractivity contribution is -0.144. The number of nitrogens with one attached hydrogen (secondary N) is 1. The summed E-state index contributed by atoms with van der Waals surface area (Å²) >= 11 is 6.43. The van der Waals surface area contributed by atoms with Crippen molar-refractivity contribution >= 4 is 79.6 Å². The third kappa shape index (κ3) is 3.96. The monoisotopic (exact) mass is 613 g/mol. The zero-order chi connectivity index (χ0) is 15.5. The molecule has 4 nitrogen and oxygen atoms in total. The van der Waals surface area contributed by atoms with Gasteiger partial charge in [-0.05, 0) is 92.7 Å². The predicted octanol–water partition coefficient (Wildman–Crippen LogP) is 3.87. The van der Waals surface area contributed by atoms with Crippen LogP contribution >= 0.6 is 67.8 Å². The van der Waals surface area contributed by atoms with Crippen LogP contribution in [0.4, 0.5) is 0 Å². The SMILES string of the molecule is CCC(CC)(NC(=O)c1cc(I)cc(I)c1I)C(=O)O. The molecule has 0 saturated carbocycles. The van der Waals surface area contributed by atoms with Crippen molar-refractivity contribution in [3.05, 3.63) is 28.4 Å². The van der Waals surface area contributed by atoms with Gasteiger partial charge in [-0.1, -0.05) is 13.8 Å². The van der Waals surface area contributed by atoms with Crippen molar-refractivity contribution in [3.63, 3.8) is 0 Å². The van der Waals surface area contributed by atoms with Crippen molar-refractivity contribution in [3.8, 4) is 0 Å². The van der Waals surface area contributed by atoms with Crippen molar-refractivity contribution < 1.29 is 14.7 Å². The molecule has 0 fully saturated rings. The molecule has 0 spiro atoms. The van der Waals surface area contributed by atoms with E-state index in [0.29, 0.717) is 18.4 Å². The van der Waals surface area contributed by atoms with E-state index in [1.807, 2.05) is 6.07 Å². The highest BCUT2D eigenvalue weighted by atomic mass is 127. The molecule has 0 aliphatic rings. The lowest BCUT2D eigenvalue weighted by Crippen LogP contribution is -2.53. The average Bonchev–Trinajstić information content (AvgIpc) is 2.39. The number of benzene rings is 1. The van der Waals surface area contributed by atoms with Crippen LogP contribution in [-0.4, -0.2) is 22.5 Å². The van der Waals surface area contributed by atoms with E-state index in [-0.39, 0.29) is 5.91 Å². The quantitative estimate of drug-likeness (QED) is 0.392. The summed E-state index contributed by atoms with van der Waals surface area (Å²) in [6.07, 6.45) is 0.699. The number of hydrogen-bond acceptors (Lipinski definition) is 2. The van der Waals surface area contributed by atoms with Crippen molar-refractivity contribution in [1.82, 2.24) is 5.32 Å².